The van der Waals surface area contributed by atoms with Crippen molar-refractivity contribution in [2.75, 3.05) is 0 Å². The minimum absolute atomic E-state index is 0.380. The Morgan fingerprint density at radius 1 is 1.11 bits per heavy atom. The highest BCUT2D eigenvalue weighted by molar-refractivity contribution is 5.98. The van der Waals surface area contributed by atoms with Gasteiger partial charge in [-0.3, -0.25) is 0 Å². The zero-order valence-corrected chi connectivity index (χ0v) is 15.5. The summed E-state index contributed by atoms with van der Waals surface area (Å²) in [5.41, 5.74) is 1.75. The first-order chi connectivity index (χ1) is 12.5. The lowest BCUT2D eigenvalue weighted by atomic mass is 9.93. The number of alkyl halides is 3. The molecule has 144 valence electrons. The summed E-state index contributed by atoms with van der Waals surface area (Å²) >= 11 is 0. The summed E-state index contributed by atoms with van der Waals surface area (Å²) in [5, 5.41) is 8.22. The Labute approximate surface area is 154 Å². The lowest BCUT2D eigenvalue weighted by Crippen LogP contribution is -2.26. The van der Waals surface area contributed by atoms with Crippen LogP contribution < -0.4 is 0 Å². The van der Waals surface area contributed by atoms with E-state index in [0.717, 1.165) is 17.8 Å². The van der Waals surface area contributed by atoms with Gasteiger partial charge in [0.05, 0.1) is 16.9 Å². The van der Waals surface area contributed by atoms with Crippen molar-refractivity contribution in [1.82, 2.24) is 15.0 Å². The molecule has 1 aromatic heterocycles. The third-order valence-corrected chi connectivity index (χ3v) is 4.27. The van der Waals surface area contributed by atoms with Crippen LogP contribution >= 0.6 is 0 Å². The van der Waals surface area contributed by atoms with Crippen LogP contribution in [-0.2, 0) is 22.1 Å². The molecule has 1 aromatic carbocycles. The number of esters is 1. The van der Waals surface area contributed by atoms with Gasteiger partial charge in [0, 0.05) is 5.57 Å². The van der Waals surface area contributed by atoms with Crippen LogP contribution in [0, 0.1) is 0 Å². The first-order valence-electron chi connectivity index (χ1n) is 8.53. The quantitative estimate of drug-likeness (QED) is 0.728. The molecule has 2 aromatic rings. The summed E-state index contributed by atoms with van der Waals surface area (Å²) in [6, 6.07) is 4.75. The summed E-state index contributed by atoms with van der Waals surface area (Å²) in [4.78, 5) is 12.4. The van der Waals surface area contributed by atoms with Crippen molar-refractivity contribution in [2.24, 2.45) is 0 Å². The molecule has 0 radical (unpaired) electrons. The number of aromatic nitrogens is 3. The monoisotopic (exact) mass is 379 g/mol. The number of nitrogens with zero attached hydrogens (tertiary/aromatic N) is 3. The number of fused-ring (bicyclic) bond motifs is 1. The molecule has 0 aliphatic heterocycles. The molecular formula is C19H20F3N3O2. The summed E-state index contributed by atoms with van der Waals surface area (Å²) < 4.78 is 45.2. The number of ether oxygens (including phenoxy) is 1. The third kappa shape index (κ3) is 3.89. The van der Waals surface area contributed by atoms with Crippen LogP contribution in [0.1, 0.15) is 51.1 Å². The van der Waals surface area contributed by atoms with Gasteiger partial charge in [0.2, 0.25) is 0 Å². The second-order valence-corrected chi connectivity index (χ2v) is 7.45. The van der Waals surface area contributed by atoms with Gasteiger partial charge in [0.1, 0.15) is 11.3 Å². The Morgan fingerprint density at radius 3 is 2.30 bits per heavy atom. The summed E-state index contributed by atoms with van der Waals surface area (Å²) in [6.45, 7) is 7.19. The van der Waals surface area contributed by atoms with E-state index in [1.807, 2.05) is 0 Å². The number of carbonyl (C=O) groups is 1. The van der Waals surface area contributed by atoms with E-state index in [0.29, 0.717) is 35.4 Å². The molecule has 0 bridgehead atoms. The fraction of sp³-hybridized carbons (Fsp3) is 0.421. The number of hydrogen-bond acceptors (Lipinski definition) is 4. The number of carbonyl (C=O) groups excluding carboxylic acids is 1. The van der Waals surface area contributed by atoms with E-state index in [1.165, 1.54) is 16.8 Å². The van der Waals surface area contributed by atoms with Crippen LogP contribution in [0.3, 0.4) is 0 Å². The molecule has 0 fully saturated rings. The molecule has 1 aliphatic carbocycles. The van der Waals surface area contributed by atoms with Crippen LogP contribution in [-0.4, -0.2) is 26.6 Å². The Balaban J connectivity index is 1.93. The minimum Gasteiger partial charge on any atom is -0.457 e. The van der Waals surface area contributed by atoms with Crippen molar-refractivity contribution in [1.29, 1.82) is 0 Å². The van der Waals surface area contributed by atoms with Crippen molar-refractivity contribution < 1.29 is 22.7 Å². The van der Waals surface area contributed by atoms with Crippen LogP contribution in [0.5, 0.6) is 0 Å². The molecule has 1 aliphatic rings. The molecule has 1 heterocycles. The summed E-state index contributed by atoms with van der Waals surface area (Å²) in [6.07, 6.45) is -3.43. The lowest BCUT2D eigenvalue weighted by Gasteiger charge is -2.23. The van der Waals surface area contributed by atoms with Gasteiger partial charge in [0.15, 0.2) is 0 Å². The second-order valence-electron chi connectivity index (χ2n) is 7.45. The first kappa shape index (κ1) is 19.1. The number of benzene rings is 1. The SMILES string of the molecule is CC1=C(C(=O)OC(C)(C)C)CCc2c1nnn2-c1ccc(C(F)(F)F)cc1. The molecule has 5 nitrogen and oxygen atoms in total. The smallest absolute Gasteiger partial charge is 0.416 e. The first-order valence-corrected chi connectivity index (χ1v) is 8.53. The molecule has 8 heteroatoms. The maximum Gasteiger partial charge on any atom is 0.416 e. The highest BCUT2D eigenvalue weighted by Gasteiger charge is 2.31. The summed E-state index contributed by atoms with van der Waals surface area (Å²) in [5.74, 6) is -0.380. The molecule has 0 amide bonds. The van der Waals surface area contributed by atoms with Gasteiger partial charge in [-0.15, -0.1) is 5.10 Å². The fourth-order valence-electron chi connectivity index (χ4n) is 2.98. The van der Waals surface area contributed by atoms with E-state index in [-0.39, 0.29) is 5.97 Å². The van der Waals surface area contributed by atoms with E-state index < -0.39 is 17.3 Å². The molecule has 0 N–H and O–H groups in total. The Morgan fingerprint density at radius 2 is 1.74 bits per heavy atom. The molecule has 0 unspecified atom stereocenters. The van der Waals surface area contributed by atoms with Gasteiger partial charge in [-0.2, -0.15) is 13.2 Å². The van der Waals surface area contributed by atoms with Crippen molar-refractivity contribution in [2.45, 2.75) is 52.3 Å². The van der Waals surface area contributed by atoms with Crippen LogP contribution in [0.2, 0.25) is 0 Å². The van der Waals surface area contributed by atoms with Gasteiger partial charge in [0.25, 0.3) is 0 Å². The predicted molar refractivity (Wildman–Crippen MR) is 93.1 cm³/mol. The van der Waals surface area contributed by atoms with Crippen molar-refractivity contribution in [3.05, 3.63) is 46.8 Å². The van der Waals surface area contributed by atoms with Gasteiger partial charge < -0.3 is 4.74 Å². The molecule has 0 atom stereocenters. The van der Waals surface area contributed by atoms with Gasteiger partial charge >= 0.3 is 12.1 Å². The number of allylic oxidation sites excluding steroid dienone is 1. The Hall–Kier alpha value is -2.64. The maximum atomic E-state index is 12.7. The molecule has 0 saturated carbocycles. The molecule has 0 spiro atoms. The average molecular weight is 379 g/mol. The average Bonchev–Trinajstić information content (AvgIpc) is 2.97. The molecule has 27 heavy (non-hydrogen) atoms. The van der Waals surface area contributed by atoms with E-state index in [1.54, 1.807) is 27.7 Å². The normalized spacial score (nSPS) is 14.9. The highest BCUT2D eigenvalue weighted by Crippen LogP contribution is 2.33. The van der Waals surface area contributed by atoms with E-state index in [4.69, 9.17) is 4.74 Å². The Kier molecular flexibility index (Phi) is 4.61. The zero-order valence-electron chi connectivity index (χ0n) is 15.5. The van der Waals surface area contributed by atoms with E-state index in [9.17, 15) is 18.0 Å². The maximum absolute atomic E-state index is 12.7. The lowest BCUT2D eigenvalue weighted by molar-refractivity contribution is -0.150. The van der Waals surface area contributed by atoms with Gasteiger partial charge in [-0.25, -0.2) is 9.48 Å². The highest BCUT2D eigenvalue weighted by atomic mass is 19.4. The molecule has 0 saturated heterocycles. The fourth-order valence-corrected chi connectivity index (χ4v) is 2.98. The third-order valence-electron chi connectivity index (χ3n) is 4.27. The topological polar surface area (TPSA) is 57.0 Å². The van der Waals surface area contributed by atoms with Crippen molar-refractivity contribution >= 4 is 11.5 Å². The second kappa shape index (κ2) is 6.51. The number of rotatable bonds is 2. The minimum atomic E-state index is -4.39. The van der Waals surface area contributed by atoms with E-state index >= 15 is 0 Å². The van der Waals surface area contributed by atoms with Crippen molar-refractivity contribution in [3.8, 4) is 5.69 Å². The number of hydrogen-bond donors (Lipinski definition) is 0. The van der Waals surface area contributed by atoms with Crippen LogP contribution in [0.15, 0.2) is 29.8 Å². The predicted octanol–water partition coefficient (Wildman–Crippen LogP) is 4.35. The molecule has 3 rings (SSSR count). The molecular weight excluding hydrogens is 359 g/mol. The van der Waals surface area contributed by atoms with Gasteiger partial charge in [-0.1, -0.05) is 5.21 Å². The standard InChI is InChI=1S/C19H20F3N3O2/c1-11-14(17(26)27-18(2,3)4)9-10-15-16(11)23-24-25(15)13-7-5-12(6-8-13)19(20,21)22/h5-8H,9-10H2,1-4H3. The van der Waals surface area contributed by atoms with Crippen molar-refractivity contribution in [3.63, 3.8) is 0 Å². The van der Waals surface area contributed by atoms with Gasteiger partial charge in [-0.05, 0) is 70.4 Å². The summed E-state index contributed by atoms with van der Waals surface area (Å²) in [7, 11) is 0. The Bertz CT molecular complexity index is 904. The number of halogens is 3. The van der Waals surface area contributed by atoms with Crippen LogP contribution in [0.25, 0.3) is 11.3 Å². The largest absolute Gasteiger partial charge is 0.457 e. The van der Waals surface area contributed by atoms with Crippen LogP contribution in [0.4, 0.5) is 13.2 Å². The van der Waals surface area contributed by atoms with E-state index in [2.05, 4.69) is 10.3 Å². The zero-order chi connectivity index (χ0) is 20.0.